The molecule has 0 heterocycles. The first-order valence-corrected chi connectivity index (χ1v) is 43.3. The molecule has 0 amide bonds. The second kappa shape index (κ2) is 105. The van der Waals surface area contributed by atoms with E-state index in [4.69, 9.17) is 66.3 Å². The van der Waals surface area contributed by atoms with Gasteiger partial charge in [-0.25, -0.2) is 0 Å². The Bertz CT molecular complexity index is 1340. The van der Waals surface area contributed by atoms with Crippen molar-refractivity contribution in [2.45, 2.75) is 444 Å². The van der Waals surface area contributed by atoms with Crippen molar-refractivity contribution in [2.75, 3.05) is 133 Å². The summed E-state index contributed by atoms with van der Waals surface area (Å²) in [5.74, 6) is 1.78. The molecule has 0 aromatic heterocycles. The quantitative estimate of drug-likeness (QED) is 0.0590. The molecule has 652 valence electrons. The van der Waals surface area contributed by atoms with Crippen LogP contribution >= 0.6 is 0 Å². The minimum Gasteiger partial charge on any atom is -0.385 e. The highest BCUT2D eigenvalue weighted by atomic mass is 16.5. The van der Waals surface area contributed by atoms with E-state index in [1.807, 2.05) is 132 Å². The lowest BCUT2D eigenvalue weighted by Crippen LogP contribution is -2.22. The molecule has 4 aliphatic carbocycles. The summed E-state index contributed by atoms with van der Waals surface area (Å²) in [6.45, 7) is 89.6. The first kappa shape index (κ1) is 128. The minimum atomic E-state index is 0.0503. The van der Waals surface area contributed by atoms with Crippen LogP contribution in [0.3, 0.4) is 0 Å². The van der Waals surface area contributed by atoms with Gasteiger partial charge in [-0.05, 0) is 296 Å². The van der Waals surface area contributed by atoms with E-state index in [1.54, 1.807) is 14.2 Å². The maximum atomic E-state index is 5.48. The fourth-order valence-corrected chi connectivity index (χ4v) is 9.25. The summed E-state index contributed by atoms with van der Waals surface area (Å²) in [7, 11) is 3.38. The van der Waals surface area contributed by atoms with E-state index in [0.29, 0.717) is 54.2 Å². The molecule has 105 heavy (non-hydrogen) atoms. The fraction of sp³-hybridized carbons (Fsp3) is 1.00. The Kier molecular flexibility index (Phi) is 128. The molecular formula is C90H202O15. The lowest BCUT2D eigenvalue weighted by atomic mass is 9.90. The SMILES string of the molecule is CC(C)OC(C)C.CCCOC(C)C.CCCOCC.CCOC.CCOC(C)(C)C.CCOC(C)(C)CC.CCOC(C)C.CCOC(C)C.CCOC1CCCC1.CCOC1CCCCC1.CCOCC.CCOCC(C)(C)C.CCOCC1CCCC1.CCOCC1CCCCC1.COC(C)C. The van der Waals surface area contributed by atoms with Crippen molar-refractivity contribution in [3.05, 3.63) is 0 Å². The number of ether oxygens (including phenoxy) is 15. The molecule has 0 N–H and O–H groups in total. The van der Waals surface area contributed by atoms with Crippen LogP contribution in [0.5, 0.6) is 0 Å². The number of rotatable bonds is 32. The van der Waals surface area contributed by atoms with Gasteiger partial charge >= 0.3 is 0 Å². The maximum absolute atomic E-state index is 5.48. The van der Waals surface area contributed by atoms with Crippen molar-refractivity contribution in [3.8, 4) is 0 Å². The van der Waals surface area contributed by atoms with Crippen LogP contribution in [0.2, 0.25) is 0 Å². The monoisotopic (exact) mass is 1520 g/mol. The van der Waals surface area contributed by atoms with E-state index in [-0.39, 0.29) is 11.2 Å². The van der Waals surface area contributed by atoms with Crippen molar-refractivity contribution in [3.63, 3.8) is 0 Å². The first-order valence-electron chi connectivity index (χ1n) is 43.3. The second-order valence-corrected chi connectivity index (χ2v) is 30.3. The Hall–Kier alpha value is -0.600. The molecule has 0 atom stereocenters. The molecular weight excluding hydrogens is 1320 g/mol. The molecule has 0 unspecified atom stereocenters. The van der Waals surface area contributed by atoms with Gasteiger partial charge in [-0.3, -0.25) is 0 Å². The van der Waals surface area contributed by atoms with Gasteiger partial charge in [-0.15, -0.1) is 0 Å². The Morgan fingerprint density at radius 1 is 0.305 bits per heavy atom. The van der Waals surface area contributed by atoms with Gasteiger partial charge in [0.25, 0.3) is 0 Å². The summed E-state index contributed by atoms with van der Waals surface area (Å²) >= 11 is 0. The van der Waals surface area contributed by atoms with Crippen LogP contribution in [-0.2, 0) is 71.1 Å². The lowest BCUT2D eigenvalue weighted by Gasteiger charge is -2.21. The molecule has 0 aromatic rings. The first-order chi connectivity index (χ1) is 49.4. The smallest absolute Gasteiger partial charge is 0.0623 e. The van der Waals surface area contributed by atoms with Crippen LogP contribution < -0.4 is 0 Å². The predicted molar refractivity (Wildman–Crippen MR) is 462 cm³/mol. The molecule has 0 radical (unpaired) electrons. The highest BCUT2D eigenvalue weighted by Gasteiger charge is 2.16. The van der Waals surface area contributed by atoms with Gasteiger partial charge in [0, 0.05) is 127 Å². The van der Waals surface area contributed by atoms with Gasteiger partial charge in [-0.1, -0.05) is 106 Å². The molecule has 15 nitrogen and oxygen atoms in total. The Labute approximate surface area is 662 Å². The van der Waals surface area contributed by atoms with E-state index in [0.717, 1.165) is 150 Å². The Morgan fingerprint density at radius 2 is 0.619 bits per heavy atom. The average molecular weight is 1520 g/mol. The Morgan fingerprint density at radius 3 is 0.771 bits per heavy atom. The summed E-state index contributed by atoms with van der Waals surface area (Å²) in [4.78, 5) is 0. The molecule has 4 saturated carbocycles. The van der Waals surface area contributed by atoms with Crippen LogP contribution in [0.4, 0.5) is 0 Å². The molecule has 0 saturated heterocycles. The second-order valence-electron chi connectivity index (χ2n) is 30.3. The van der Waals surface area contributed by atoms with Crippen LogP contribution in [0, 0.1) is 17.3 Å². The normalized spacial score (nSPS) is 14.3. The van der Waals surface area contributed by atoms with Crippen LogP contribution in [0.25, 0.3) is 0 Å². The summed E-state index contributed by atoms with van der Waals surface area (Å²) in [6.07, 6.45) is 31.8. The predicted octanol–water partition coefficient (Wildman–Crippen LogP) is 25.9. The van der Waals surface area contributed by atoms with Gasteiger partial charge in [-0.2, -0.15) is 0 Å². The minimum absolute atomic E-state index is 0.0503. The summed E-state index contributed by atoms with van der Waals surface area (Å²) in [5, 5.41) is 0. The third-order valence-electron chi connectivity index (χ3n) is 14.6. The van der Waals surface area contributed by atoms with Gasteiger partial charge in [0.2, 0.25) is 0 Å². The van der Waals surface area contributed by atoms with Crippen LogP contribution in [-0.4, -0.2) is 193 Å². The van der Waals surface area contributed by atoms with Gasteiger partial charge in [0.05, 0.1) is 66.6 Å². The summed E-state index contributed by atoms with van der Waals surface area (Å²) in [5.41, 5.74) is 0.472. The van der Waals surface area contributed by atoms with E-state index < -0.39 is 0 Å². The van der Waals surface area contributed by atoms with Crippen molar-refractivity contribution >= 4 is 0 Å². The van der Waals surface area contributed by atoms with Gasteiger partial charge in [0.15, 0.2) is 0 Å². The molecule has 0 aliphatic heterocycles. The van der Waals surface area contributed by atoms with E-state index in [2.05, 4.69) is 122 Å². The molecule has 0 spiro atoms. The zero-order valence-corrected chi connectivity index (χ0v) is 79.0. The molecule has 4 rings (SSSR count). The van der Waals surface area contributed by atoms with E-state index in [1.165, 1.54) is 116 Å². The molecule has 15 heteroatoms. The lowest BCUT2D eigenvalue weighted by molar-refractivity contribution is -0.0125. The van der Waals surface area contributed by atoms with E-state index in [9.17, 15) is 0 Å². The van der Waals surface area contributed by atoms with Crippen molar-refractivity contribution in [1.29, 1.82) is 0 Å². The largest absolute Gasteiger partial charge is 0.385 e. The highest BCUT2D eigenvalue weighted by molar-refractivity contribution is 4.68. The van der Waals surface area contributed by atoms with Crippen molar-refractivity contribution in [2.24, 2.45) is 17.3 Å². The molecule has 4 fully saturated rings. The standard InChI is InChI=1S/C9H18O.2C8H16O.C7H14O.2C7H16O.3C6H14O.3C5H12O.2C4H10O.C3H8O/c1-2-10-8-9-6-4-3-5-7-9;1-2-9-7-8-5-3-4-6-8;1-2-9-8-6-4-3-5-7-8;1-2-8-7-5-3-4-6-7;1-5-8-6-7(2,3)4;1-5-7(3,4)8-6-2;1-5-7-6(2,3)4;1-5(2)7-6(3)4;1-4-5-7-6(2)3;2*1-4-6-5(2)3;1-3-5-6-4-2;1-4(2)5-3;1-3-5-4-2;1-3-4-2/h9H,2-8H2,1H3;2*8H,2-7H2,1H3;7H,2-6H2,1H3;2*5-6H2,1-4H3;5H2,1-4H3;5-6H,1-4H3;6H,4-5H2,1-3H3;2*5H,4H2,1-3H3;3-5H2,1-2H3;4H,1-3H3;3-4H2,1-2H3;3H2,1-2H3. The number of hydrogen-bond acceptors (Lipinski definition) is 15. The number of methoxy groups -OCH3 is 2. The van der Waals surface area contributed by atoms with Crippen LogP contribution in [0.15, 0.2) is 0 Å². The third kappa shape index (κ3) is 160. The zero-order chi connectivity index (χ0) is 83.5. The van der Waals surface area contributed by atoms with Crippen LogP contribution in [0.1, 0.15) is 384 Å². The summed E-state index contributed by atoms with van der Waals surface area (Å²) < 4.78 is 77.0. The molecule has 0 aromatic carbocycles. The fourth-order valence-electron chi connectivity index (χ4n) is 9.25. The highest BCUT2D eigenvalue weighted by Crippen LogP contribution is 2.25. The Balaban J connectivity index is -0.000000101. The van der Waals surface area contributed by atoms with Crippen molar-refractivity contribution < 1.29 is 71.1 Å². The van der Waals surface area contributed by atoms with Crippen molar-refractivity contribution in [1.82, 2.24) is 0 Å². The van der Waals surface area contributed by atoms with E-state index >= 15 is 0 Å². The maximum Gasteiger partial charge on any atom is 0.0623 e. The molecule has 0 bridgehead atoms. The summed E-state index contributed by atoms with van der Waals surface area (Å²) in [6, 6.07) is 0. The average Bonchev–Trinajstić information content (AvgIpc) is 1.95. The number of hydrogen-bond donors (Lipinski definition) is 0. The zero-order valence-electron chi connectivity index (χ0n) is 79.0. The molecule has 4 aliphatic rings. The van der Waals surface area contributed by atoms with Gasteiger partial charge in [0.1, 0.15) is 0 Å². The topological polar surface area (TPSA) is 138 Å². The van der Waals surface area contributed by atoms with Gasteiger partial charge < -0.3 is 71.1 Å². The third-order valence-corrected chi connectivity index (χ3v) is 14.6.